The van der Waals surface area contributed by atoms with Crippen LogP contribution in [0.25, 0.3) is 0 Å². The van der Waals surface area contributed by atoms with Gasteiger partial charge in [-0.2, -0.15) is 0 Å². The topological polar surface area (TPSA) is 51.5 Å². The lowest BCUT2D eigenvalue weighted by Gasteiger charge is -2.08. The maximum atomic E-state index is 11.6. The normalized spacial score (nSPS) is 10.5. The molecule has 4 heteroatoms. The van der Waals surface area contributed by atoms with Crippen LogP contribution in [0.15, 0.2) is 41.0 Å². The van der Waals surface area contributed by atoms with Crippen molar-refractivity contribution in [3.8, 4) is 0 Å². The highest BCUT2D eigenvalue weighted by Gasteiger charge is 2.04. The molecule has 1 aromatic heterocycles. The molecule has 4 nitrogen and oxygen atoms in total. The Hall–Kier alpha value is -2.07. The molecule has 106 valence electrons. The Balaban J connectivity index is 1.71. The average molecular weight is 273 g/mol. The number of nitrogens with one attached hydrogen (secondary N) is 1. The number of hydrogen-bond donors (Lipinski definition) is 1. The third kappa shape index (κ3) is 4.24. The van der Waals surface area contributed by atoms with Crippen molar-refractivity contribution in [3.05, 3.63) is 59.0 Å². The van der Waals surface area contributed by atoms with Crippen LogP contribution < -0.4 is 5.32 Å². The molecule has 2 aromatic rings. The van der Waals surface area contributed by atoms with Gasteiger partial charge in [0.25, 0.3) is 0 Å². The number of aryl methyl sites for hydroxylation is 2. The van der Waals surface area contributed by atoms with E-state index in [4.69, 9.17) is 9.15 Å². The minimum Gasteiger partial charge on any atom is -0.467 e. The van der Waals surface area contributed by atoms with Crippen molar-refractivity contribution in [2.45, 2.75) is 27.0 Å². The zero-order chi connectivity index (χ0) is 14.4. The molecule has 0 saturated carbocycles. The molecule has 20 heavy (non-hydrogen) atoms. The van der Waals surface area contributed by atoms with E-state index in [1.54, 1.807) is 12.3 Å². The van der Waals surface area contributed by atoms with Gasteiger partial charge in [-0.15, -0.1) is 0 Å². The summed E-state index contributed by atoms with van der Waals surface area (Å²) in [6, 6.07) is 9.79. The van der Waals surface area contributed by atoms with Crippen molar-refractivity contribution < 1.29 is 13.9 Å². The summed E-state index contributed by atoms with van der Waals surface area (Å²) in [4.78, 5) is 11.6. The predicted octanol–water partition coefficient (Wildman–Crippen LogP) is 2.73. The Morgan fingerprint density at radius 1 is 1.30 bits per heavy atom. The Labute approximate surface area is 118 Å². The number of hydrogen-bond acceptors (Lipinski definition) is 3. The van der Waals surface area contributed by atoms with Crippen molar-refractivity contribution in [3.63, 3.8) is 0 Å². The molecule has 0 bridgehead atoms. The summed E-state index contributed by atoms with van der Waals surface area (Å²) in [7, 11) is 0. The molecule has 0 aliphatic rings. The van der Waals surface area contributed by atoms with Crippen molar-refractivity contribution in [1.82, 2.24) is 5.32 Å². The predicted molar refractivity (Wildman–Crippen MR) is 76.1 cm³/mol. The van der Waals surface area contributed by atoms with Crippen molar-refractivity contribution in [1.29, 1.82) is 0 Å². The number of furan rings is 1. The van der Waals surface area contributed by atoms with E-state index in [2.05, 4.69) is 18.3 Å². The van der Waals surface area contributed by atoms with Crippen LogP contribution in [0.1, 0.15) is 22.5 Å². The van der Waals surface area contributed by atoms with Crippen LogP contribution in [0.4, 0.5) is 0 Å². The van der Waals surface area contributed by atoms with Gasteiger partial charge in [-0.1, -0.05) is 23.8 Å². The van der Waals surface area contributed by atoms with Gasteiger partial charge in [0.2, 0.25) is 5.91 Å². The fourth-order valence-corrected chi connectivity index (χ4v) is 1.91. The van der Waals surface area contributed by atoms with E-state index in [1.807, 2.05) is 25.1 Å². The van der Waals surface area contributed by atoms with Gasteiger partial charge in [-0.25, -0.2) is 0 Å². The molecular weight excluding hydrogens is 254 g/mol. The number of rotatable bonds is 6. The highest BCUT2D eigenvalue weighted by atomic mass is 16.5. The van der Waals surface area contributed by atoms with E-state index < -0.39 is 0 Å². The number of carbonyl (C=O) groups excluding carboxylic acids is 1. The second-order valence-corrected chi connectivity index (χ2v) is 4.78. The van der Waals surface area contributed by atoms with Crippen LogP contribution >= 0.6 is 0 Å². The van der Waals surface area contributed by atoms with Crippen molar-refractivity contribution >= 4 is 5.91 Å². The maximum Gasteiger partial charge on any atom is 0.246 e. The van der Waals surface area contributed by atoms with Gasteiger partial charge in [-0.3, -0.25) is 4.79 Å². The number of benzene rings is 1. The van der Waals surface area contributed by atoms with Crippen LogP contribution in [0, 0.1) is 13.8 Å². The van der Waals surface area contributed by atoms with Gasteiger partial charge >= 0.3 is 0 Å². The standard InChI is InChI=1S/C16H19NO3/c1-12-5-6-14(13(2)8-12)10-19-11-16(18)17-9-15-4-3-7-20-15/h3-8H,9-11H2,1-2H3,(H,17,18). The molecule has 0 aliphatic carbocycles. The van der Waals surface area contributed by atoms with Crippen molar-refractivity contribution in [2.24, 2.45) is 0 Å². The third-order valence-corrected chi connectivity index (χ3v) is 3.03. The van der Waals surface area contributed by atoms with Gasteiger partial charge in [0.1, 0.15) is 12.4 Å². The average Bonchev–Trinajstić information content (AvgIpc) is 2.92. The first-order valence-electron chi connectivity index (χ1n) is 6.58. The summed E-state index contributed by atoms with van der Waals surface area (Å²) in [5, 5.41) is 2.74. The molecule has 0 unspecified atom stereocenters. The summed E-state index contributed by atoms with van der Waals surface area (Å²) in [5.74, 6) is 0.582. The van der Waals surface area contributed by atoms with Gasteiger partial charge in [0.15, 0.2) is 0 Å². The fourth-order valence-electron chi connectivity index (χ4n) is 1.91. The highest BCUT2D eigenvalue weighted by molar-refractivity contribution is 5.77. The molecule has 1 N–H and O–H groups in total. The molecule has 0 aliphatic heterocycles. The summed E-state index contributed by atoms with van der Waals surface area (Å²) in [5.41, 5.74) is 3.51. The van der Waals surface area contributed by atoms with Gasteiger partial charge in [0.05, 0.1) is 19.4 Å². The zero-order valence-corrected chi connectivity index (χ0v) is 11.8. The number of carbonyl (C=O) groups is 1. The smallest absolute Gasteiger partial charge is 0.246 e. The van der Waals surface area contributed by atoms with Gasteiger partial charge in [-0.05, 0) is 37.1 Å². The van der Waals surface area contributed by atoms with E-state index in [0.717, 1.165) is 11.3 Å². The SMILES string of the molecule is Cc1ccc(COCC(=O)NCc2ccco2)c(C)c1. The number of amides is 1. The van der Waals surface area contributed by atoms with E-state index in [0.29, 0.717) is 13.2 Å². The number of ether oxygens (including phenoxy) is 1. The molecule has 1 aromatic carbocycles. The summed E-state index contributed by atoms with van der Waals surface area (Å²) in [6.45, 7) is 4.98. The van der Waals surface area contributed by atoms with E-state index in [1.165, 1.54) is 11.1 Å². The van der Waals surface area contributed by atoms with Crippen molar-refractivity contribution in [2.75, 3.05) is 6.61 Å². The summed E-state index contributed by atoms with van der Waals surface area (Å²) >= 11 is 0. The molecule has 0 atom stereocenters. The molecule has 1 amide bonds. The second kappa shape index (κ2) is 6.91. The summed E-state index contributed by atoms with van der Waals surface area (Å²) < 4.78 is 10.6. The van der Waals surface area contributed by atoms with Gasteiger partial charge in [0, 0.05) is 0 Å². The highest BCUT2D eigenvalue weighted by Crippen LogP contribution is 2.11. The van der Waals surface area contributed by atoms with E-state index in [9.17, 15) is 4.79 Å². The Kier molecular flexibility index (Phi) is 4.96. The first-order chi connectivity index (χ1) is 9.65. The largest absolute Gasteiger partial charge is 0.467 e. The molecular formula is C16H19NO3. The lowest BCUT2D eigenvalue weighted by atomic mass is 10.1. The van der Waals surface area contributed by atoms with Crippen LogP contribution in [0.3, 0.4) is 0 Å². The first kappa shape index (κ1) is 14.3. The third-order valence-electron chi connectivity index (χ3n) is 3.03. The van der Waals surface area contributed by atoms with E-state index >= 15 is 0 Å². The lowest BCUT2D eigenvalue weighted by Crippen LogP contribution is -2.26. The lowest BCUT2D eigenvalue weighted by molar-refractivity contribution is -0.126. The molecule has 0 spiro atoms. The minimum atomic E-state index is -0.147. The Morgan fingerprint density at radius 2 is 2.15 bits per heavy atom. The first-order valence-corrected chi connectivity index (χ1v) is 6.58. The maximum absolute atomic E-state index is 11.6. The Bertz CT molecular complexity index is 561. The summed E-state index contributed by atoms with van der Waals surface area (Å²) in [6.07, 6.45) is 1.58. The molecule has 0 radical (unpaired) electrons. The minimum absolute atomic E-state index is 0.0496. The Morgan fingerprint density at radius 3 is 2.85 bits per heavy atom. The molecule has 0 saturated heterocycles. The quantitative estimate of drug-likeness (QED) is 0.880. The second-order valence-electron chi connectivity index (χ2n) is 4.78. The monoisotopic (exact) mass is 273 g/mol. The molecule has 1 heterocycles. The fraction of sp³-hybridized carbons (Fsp3) is 0.312. The molecule has 2 rings (SSSR count). The van der Waals surface area contributed by atoms with Crippen LogP contribution in [0.2, 0.25) is 0 Å². The van der Waals surface area contributed by atoms with Crippen LogP contribution in [-0.4, -0.2) is 12.5 Å². The molecule has 0 fully saturated rings. The van der Waals surface area contributed by atoms with Crippen LogP contribution in [0.5, 0.6) is 0 Å². The van der Waals surface area contributed by atoms with Crippen LogP contribution in [-0.2, 0) is 22.7 Å². The zero-order valence-electron chi connectivity index (χ0n) is 11.8. The van der Waals surface area contributed by atoms with E-state index in [-0.39, 0.29) is 12.5 Å². The van der Waals surface area contributed by atoms with Gasteiger partial charge < -0.3 is 14.5 Å².